The summed E-state index contributed by atoms with van der Waals surface area (Å²) in [5.41, 5.74) is 21.6. The second kappa shape index (κ2) is 13.0. The summed E-state index contributed by atoms with van der Waals surface area (Å²) in [6, 6.07) is 47.0. The standard InChI is InChI=1S/C61H51BN2O3/c1-32-23-42(37-24-38-39-25-44-45(61(7,8)22-21-60(44,5)6)29-53(39)67-54(38)30-47(37)63-34-19-17-33(18-20-34)59(2,3)4)57-58-56(32)43-28-52-41(36-14-10-12-16-51(36)65-52)27-48(43)64(58)49-31-55-40(26-46(49)62-57)35-13-9-11-15-50(35)66-55/h9-20,23-31,62-63H,21-22H2,1-8H3. The molecule has 2 aliphatic rings. The van der Waals surface area contributed by atoms with Crippen LogP contribution in [0.2, 0.25) is 0 Å². The zero-order chi connectivity index (χ0) is 45.5. The third-order valence-electron chi connectivity index (χ3n) is 15.9. The fourth-order valence-electron chi connectivity index (χ4n) is 12.1. The summed E-state index contributed by atoms with van der Waals surface area (Å²) in [7, 11) is 0.757. The van der Waals surface area contributed by atoms with E-state index >= 15 is 0 Å². The molecule has 0 amide bonds. The number of rotatable bonds is 3. The van der Waals surface area contributed by atoms with E-state index in [9.17, 15) is 0 Å². The molecule has 0 saturated heterocycles. The minimum absolute atomic E-state index is 0.0491. The second-order valence-corrected chi connectivity index (χ2v) is 22.1. The van der Waals surface area contributed by atoms with E-state index in [-0.39, 0.29) is 16.2 Å². The van der Waals surface area contributed by atoms with Crippen molar-refractivity contribution in [1.82, 2.24) is 4.57 Å². The van der Waals surface area contributed by atoms with Crippen molar-refractivity contribution in [3.63, 3.8) is 0 Å². The van der Waals surface area contributed by atoms with Gasteiger partial charge >= 0.3 is 0 Å². The van der Waals surface area contributed by atoms with E-state index in [4.69, 9.17) is 13.3 Å². The number of hydrogen-bond acceptors (Lipinski definition) is 4. The average molecular weight is 871 g/mol. The van der Waals surface area contributed by atoms with Gasteiger partial charge in [0.05, 0.1) is 11.2 Å². The van der Waals surface area contributed by atoms with E-state index in [1.54, 1.807) is 0 Å². The lowest BCUT2D eigenvalue weighted by atomic mass is 9.58. The predicted molar refractivity (Wildman–Crippen MR) is 283 cm³/mol. The number of benzene rings is 8. The minimum atomic E-state index is 0.0491. The Morgan fingerprint density at radius 3 is 1.84 bits per heavy atom. The zero-order valence-corrected chi connectivity index (χ0v) is 39.4. The molecule has 5 heterocycles. The molecule has 5 nitrogen and oxygen atoms in total. The maximum Gasteiger partial charge on any atom is 0.198 e. The number of furan rings is 3. The van der Waals surface area contributed by atoms with Crippen LogP contribution in [-0.2, 0) is 16.2 Å². The Labute approximate surface area is 389 Å². The molecule has 14 rings (SSSR count). The second-order valence-electron chi connectivity index (χ2n) is 22.1. The molecule has 0 radical (unpaired) electrons. The van der Waals surface area contributed by atoms with Gasteiger partial charge in [-0.25, -0.2) is 0 Å². The van der Waals surface area contributed by atoms with Gasteiger partial charge in [-0.2, -0.15) is 0 Å². The van der Waals surface area contributed by atoms with Gasteiger partial charge in [-0.1, -0.05) is 115 Å². The van der Waals surface area contributed by atoms with Crippen molar-refractivity contribution in [2.75, 3.05) is 5.32 Å². The van der Waals surface area contributed by atoms with Gasteiger partial charge in [0.15, 0.2) is 7.28 Å². The monoisotopic (exact) mass is 870 g/mol. The molecule has 1 aliphatic heterocycles. The molecule has 67 heavy (non-hydrogen) atoms. The maximum atomic E-state index is 6.95. The van der Waals surface area contributed by atoms with Crippen LogP contribution in [0, 0.1) is 6.92 Å². The van der Waals surface area contributed by atoms with Gasteiger partial charge in [0, 0.05) is 77.7 Å². The Kier molecular flexibility index (Phi) is 7.60. The normalized spacial score (nSPS) is 15.4. The summed E-state index contributed by atoms with van der Waals surface area (Å²) in [6.45, 7) is 18.7. The van der Waals surface area contributed by atoms with Crippen LogP contribution in [0.3, 0.4) is 0 Å². The number of aryl methyl sites for hydroxylation is 1. The van der Waals surface area contributed by atoms with E-state index in [2.05, 4.69) is 187 Å². The quantitative estimate of drug-likeness (QED) is 0.180. The highest BCUT2D eigenvalue weighted by atomic mass is 16.3. The first-order valence-electron chi connectivity index (χ1n) is 24.0. The van der Waals surface area contributed by atoms with Gasteiger partial charge in [0.1, 0.15) is 33.5 Å². The van der Waals surface area contributed by atoms with Crippen molar-refractivity contribution in [3.05, 3.63) is 150 Å². The molecule has 0 spiro atoms. The fraction of sp³-hybridized carbons (Fsp3) is 0.213. The third-order valence-corrected chi connectivity index (χ3v) is 15.9. The molecule has 6 heteroatoms. The molecule has 0 atom stereocenters. The Hall–Kier alpha value is -7.18. The number of anilines is 2. The maximum absolute atomic E-state index is 6.95. The van der Waals surface area contributed by atoms with E-state index in [1.165, 1.54) is 60.4 Å². The van der Waals surface area contributed by atoms with Crippen LogP contribution in [0.15, 0.2) is 141 Å². The SMILES string of the molecule is Cc1cc(-c2cc3c(cc2Nc2ccc(C(C)(C)C)cc2)oc2cc4c(cc23)C(C)(C)CCC4(C)C)c2c3c1c1cc4oc5ccccc5c4cc1n3-c1cc3oc4ccccc4c3cc1B2. The molecule has 0 saturated carbocycles. The molecule has 8 aromatic carbocycles. The average Bonchev–Trinajstić information content (AvgIpc) is 4.05. The van der Waals surface area contributed by atoms with Crippen LogP contribution in [0.5, 0.6) is 0 Å². The number of para-hydroxylation sites is 2. The van der Waals surface area contributed by atoms with Crippen LogP contribution < -0.4 is 16.2 Å². The van der Waals surface area contributed by atoms with E-state index in [0.29, 0.717) is 0 Å². The number of nitrogens with one attached hydrogen (secondary N) is 1. The summed E-state index contributed by atoms with van der Waals surface area (Å²) in [5, 5.41) is 13.2. The molecule has 0 fully saturated rings. The summed E-state index contributed by atoms with van der Waals surface area (Å²) in [6.07, 6.45) is 2.31. The predicted octanol–water partition coefficient (Wildman–Crippen LogP) is 15.5. The van der Waals surface area contributed by atoms with Crippen molar-refractivity contribution in [1.29, 1.82) is 0 Å². The number of hydrogen-bond donors (Lipinski definition) is 1. The van der Waals surface area contributed by atoms with Gasteiger partial charge in [-0.05, 0) is 124 Å². The lowest BCUT2D eigenvalue weighted by Gasteiger charge is -2.41. The van der Waals surface area contributed by atoms with Gasteiger partial charge in [0.2, 0.25) is 0 Å². The molecule has 1 aliphatic carbocycles. The number of fused-ring (bicyclic) bond motifs is 15. The Morgan fingerprint density at radius 1 is 0.552 bits per heavy atom. The van der Waals surface area contributed by atoms with Gasteiger partial charge in [-0.3, -0.25) is 0 Å². The first-order valence-corrected chi connectivity index (χ1v) is 24.0. The van der Waals surface area contributed by atoms with Crippen LogP contribution in [0.25, 0.3) is 104 Å². The van der Waals surface area contributed by atoms with Gasteiger partial charge < -0.3 is 23.1 Å². The van der Waals surface area contributed by atoms with Crippen LogP contribution in [0.1, 0.15) is 83.6 Å². The van der Waals surface area contributed by atoms with Crippen LogP contribution in [0.4, 0.5) is 11.4 Å². The fourth-order valence-corrected chi connectivity index (χ4v) is 12.1. The van der Waals surface area contributed by atoms with E-state index in [0.717, 1.165) is 109 Å². The zero-order valence-electron chi connectivity index (χ0n) is 39.4. The summed E-state index contributed by atoms with van der Waals surface area (Å²) < 4.78 is 22.7. The highest BCUT2D eigenvalue weighted by molar-refractivity contribution is 6.74. The van der Waals surface area contributed by atoms with Crippen molar-refractivity contribution in [3.8, 4) is 16.8 Å². The van der Waals surface area contributed by atoms with E-state index in [1.807, 2.05) is 6.07 Å². The molecule has 12 aromatic rings. The summed E-state index contributed by atoms with van der Waals surface area (Å²) >= 11 is 0. The van der Waals surface area contributed by atoms with Crippen molar-refractivity contribution in [2.24, 2.45) is 0 Å². The lowest BCUT2D eigenvalue weighted by molar-refractivity contribution is 0.332. The number of nitrogens with zero attached hydrogens (tertiary/aromatic N) is 1. The Bertz CT molecular complexity index is 4140. The molecule has 1 N–H and O–H groups in total. The highest BCUT2D eigenvalue weighted by Gasteiger charge is 2.38. The molecule has 4 aromatic heterocycles. The lowest BCUT2D eigenvalue weighted by Crippen LogP contribution is -2.37. The first kappa shape index (κ1) is 39.0. The van der Waals surface area contributed by atoms with Crippen molar-refractivity contribution in [2.45, 2.75) is 84.5 Å². The highest BCUT2D eigenvalue weighted by Crippen LogP contribution is 2.50. The van der Waals surface area contributed by atoms with Crippen LogP contribution >= 0.6 is 0 Å². The topological polar surface area (TPSA) is 56.4 Å². The van der Waals surface area contributed by atoms with Gasteiger partial charge in [-0.15, -0.1) is 0 Å². The summed E-state index contributed by atoms with van der Waals surface area (Å²) in [4.78, 5) is 0. The third kappa shape index (κ3) is 5.50. The molecule has 0 unspecified atom stereocenters. The Balaban J connectivity index is 1.08. The molecular weight excluding hydrogens is 819 g/mol. The largest absolute Gasteiger partial charge is 0.456 e. The van der Waals surface area contributed by atoms with E-state index < -0.39 is 0 Å². The minimum Gasteiger partial charge on any atom is -0.456 e. The smallest absolute Gasteiger partial charge is 0.198 e. The van der Waals surface area contributed by atoms with Gasteiger partial charge in [0.25, 0.3) is 0 Å². The van der Waals surface area contributed by atoms with Crippen molar-refractivity contribution < 1.29 is 13.3 Å². The molecule has 0 bridgehead atoms. The molecule has 326 valence electrons. The first-order chi connectivity index (χ1) is 32.2. The molecular formula is C61H51BN2O3. The Morgan fingerprint density at radius 2 is 1.13 bits per heavy atom. The van der Waals surface area contributed by atoms with Crippen LogP contribution in [-0.4, -0.2) is 11.8 Å². The summed E-state index contributed by atoms with van der Waals surface area (Å²) in [5.74, 6) is 0. The number of aromatic nitrogens is 1. The van der Waals surface area contributed by atoms with Crippen molar-refractivity contribution >= 4 is 117 Å².